The van der Waals surface area contributed by atoms with Gasteiger partial charge in [0.25, 0.3) is 0 Å². The molecule has 0 aromatic heterocycles. The van der Waals surface area contributed by atoms with Crippen LogP contribution in [-0.4, -0.2) is 60.4 Å². The Kier molecular flexibility index (Phi) is 6.24. The molecule has 2 fully saturated rings. The molecule has 0 radical (unpaired) electrons. The van der Waals surface area contributed by atoms with Gasteiger partial charge in [0.1, 0.15) is 0 Å². The fraction of sp³-hybridized carbons (Fsp3) is 0.882. The van der Waals surface area contributed by atoms with E-state index in [0.29, 0.717) is 19.1 Å². The number of rotatable bonds is 4. The third kappa shape index (κ3) is 4.70. The van der Waals surface area contributed by atoms with Crippen LogP contribution in [0.25, 0.3) is 0 Å². The first-order chi connectivity index (χ1) is 10.5. The van der Waals surface area contributed by atoms with E-state index < -0.39 is 0 Å². The van der Waals surface area contributed by atoms with Crippen LogP contribution in [0.4, 0.5) is 0 Å². The maximum atomic E-state index is 12.3. The van der Waals surface area contributed by atoms with Crippen molar-refractivity contribution in [3.8, 4) is 0 Å². The molecule has 1 unspecified atom stereocenters. The highest BCUT2D eigenvalue weighted by Crippen LogP contribution is 2.19. The smallest absolute Gasteiger partial charge is 0.223 e. The van der Waals surface area contributed by atoms with E-state index in [0.717, 1.165) is 38.4 Å². The van der Waals surface area contributed by atoms with E-state index in [-0.39, 0.29) is 17.7 Å². The van der Waals surface area contributed by atoms with Crippen molar-refractivity contribution < 1.29 is 9.59 Å². The molecular weight excluding hydrogens is 278 g/mol. The van der Waals surface area contributed by atoms with Crippen molar-refractivity contribution in [2.24, 2.45) is 11.8 Å². The first-order valence-electron chi connectivity index (χ1n) is 8.74. The van der Waals surface area contributed by atoms with Crippen molar-refractivity contribution in [2.75, 3.05) is 32.7 Å². The lowest BCUT2D eigenvalue weighted by molar-refractivity contribution is -0.134. The van der Waals surface area contributed by atoms with Gasteiger partial charge >= 0.3 is 0 Å². The zero-order valence-corrected chi connectivity index (χ0v) is 14.3. The Balaban J connectivity index is 1.68. The minimum atomic E-state index is 0.0733. The second kappa shape index (κ2) is 7.95. The Labute approximate surface area is 134 Å². The van der Waals surface area contributed by atoms with Gasteiger partial charge in [-0.15, -0.1) is 0 Å². The van der Waals surface area contributed by atoms with Gasteiger partial charge in [-0.05, 0) is 51.6 Å². The molecule has 2 amide bonds. The van der Waals surface area contributed by atoms with Crippen molar-refractivity contribution in [3.05, 3.63) is 0 Å². The second-order valence-electron chi connectivity index (χ2n) is 7.09. The number of hydrogen-bond acceptors (Lipinski definition) is 3. The van der Waals surface area contributed by atoms with Gasteiger partial charge in [-0.3, -0.25) is 14.5 Å². The molecule has 2 aliphatic rings. The van der Waals surface area contributed by atoms with Gasteiger partial charge in [0, 0.05) is 38.5 Å². The fourth-order valence-electron chi connectivity index (χ4n) is 3.45. The predicted molar refractivity (Wildman–Crippen MR) is 87.4 cm³/mol. The Morgan fingerprint density at radius 3 is 2.23 bits per heavy atom. The van der Waals surface area contributed by atoms with Gasteiger partial charge in [-0.25, -0.2) is 0 Å². The highest BCUT2D eigenvalue weighted by atomic mass is 16.2. The van der Waals surface area contributed by atoms with Crippen molar-refractivity contribution in [3.63, 3.8) is 0 Å². The van der Waals surface area contributed by atoms with Gasteiger partial charge in [-0.1, -0.05) is 6.92 Å². The predicted octanol–water partition coefficient (Wildman–Crippen LogP) is 1.48. The van der Waals surface area contributed by atoms with Gasteiger partial charge in [0.05, 0.1) is 0 Å². The zero-order valence-electron chi connectivity index (χ0n) is 14.3. The van der Waals surface area contributed by atoms with Crippen LogP contribution in [0.15, 0.2) is 0 Å². The first-order valence-corrected chi connectivity index (χ1v) is 8.74. The summed E-state index contributed by atoms with van der Waals surface area (Å²) >= 11 is 0. The van der Waals surface area contributed by atoms with Crippen LogP contribution in [0.2, 0.25) is 0 Å². The van der Waals surface area contributed by atoms with Gasteiger partial charge in [0.15, 0.2) is 0 Å². The van der Waals surface area contributed by atoms with Crippen molar-refractivity contribution in [1.82, 2.24) is 15.1 Å². The second-order valence-corrected chi connectivity index (χ2v) is 7.09. The molecule has 0 saturated carbocycles. The molecule has 0 bridgehead atoms. The SMILES string of the molecule is CC(=O)N1CCC(C(=O)NCC(C)N2CCC(C)CC2)CC1. The molecule has 0 spiro atoms. The summed E-state index contributed by atoms with van der Waals surface area (Å²) in [7, 11) is 0. The number of likely N-dealkylation sites (tertiary alicyclic amines) is 2. The van der Waals surface area contributed by atoms with Crippen molar-refractivity contribution in [2.45, 2.75) is 52.5 Å². The fourth-order valence-corrected chi connectivity index (χ4v) is 3.45. The summed E-state index contributed by atoms with van der Waals surface area (Å²) in [6, 6.07) is 0.411. The van der Waals surface area contributed by atoms with E-state index in [1.54, 1.807) is 6.92 Å². The minimum Gasteiger partial charge on any atom is -0.354 e. The molecule has 2 saturated heterocycles. The molecule has 0 aromatic carbocycles. The highest BCUT2D eigenvalue weighted by Gasteiger charge is 2.27. The monoisotopic (exact) mass is 309 g/mol. The average molecular weight is 309 g/mol. The Hall–Kier alpha value is -1.10. The number of carbonyl (C=O) groups is 2. The number of nitrogens with zero attached hydrogens (tertiary/aromatic N) is 2. The van der Waals surface area contributed by atoms with E-state index in [1.165, 1.54) is 12.8 Å². The first kappa shape index (κ1) is 17.3. The number of piperidine rings is 2. The topological polar surface area (TPSA) is 52.7 Å². The molecule has 0 aromatic rings. The molecule has 2 heterocycles. The summed E-state index contributed by atoms with van der Waals surface area (Å²) in [5.41, 5.74) is 0. The number of hydrogen-bond donors (Lipinski definition) is 1. The van der Waals surface area contributed by atoms with Crippen molar-refractivity contribution >= 4 is 11.8 Å². The Morgan fingerprint density at radius 2 is 1.68 bits per heavy atom. The Bertz CT molecular complexity index is 383. The lowest BCUT2D eigenvalue weighted by atomic mass is 9.95. The lowest BCUT2D eigenvalue weighted by Gasteiger charge is -2.35. The van der Waals surface area contributed by atoms with Crippen LogP contribution in [0.3, 0.4) is 0 Å². The molecule has 22 heavy (non-hydrogen) atoms. The summed E-state index contributed by atoms with van der Waals surface area (Å²) in [4.78, 5) is 27.9. The number of carbonyl (C=O) groups excluding carboxylic acids is 2. The van der Waals surface area contributed by atoms with E-state index in [4.69, 9.17) is 0 Å². The van der Waals surface area contributed by atoms with E-state index in [9.17, 15) is 9.59 Å². The maximum Gasteiger partial charge on any atom is 0.223 e. The molecule has 0 aliphatic carbocycles. The summed E-state index contributed by atoms with van der Waals surface area (Å²) in [6.45, 7) is 10.6. The lowest BCUT2D eigenvalue weighted by Crippen LogP contribution is -2.48. The zero-order chi connectivity index (χ0) is 16.1. The van der Waals surface area contributed by atoms with Gasteiger partial charge in [0.2, 0.25) is 11.8 Å². The molecule has 5 nitrogen and oxygen atoms in total. The molecule has 1 atom stereocenters. The summed E-state index contributed by atoms with van der Waals surface area (Å²) < 4.78 is 0. The van der Waals surface area contributed by atoms with E-state index in [1.807, 2.05) is 4.90 Å². The molecule has 5 heteroatoms. The molecular formula is C17H31N3O2. The minimum absolute atomic E-state index is 0.0733. The summed E-state index contributed by atoms with van der Waals surface area (Å²) in [6.07, 6.45) is 4.12. The summed E-state index contributed by atoms with van der Waals surface area (Å²) in [5.74, 6) is 1.20. The summed E-state index contributed by atoms with van der Waals surface area (Å²) in [5, 5.41) is 3.12. The average Bonchev–Trinajstić information content (AvgIpc) is 2.53. The standard InChI is InChI=1S/C17H31N3O2/c1-13-4-8-19(9-5-13)14(2)12-18-17(22)16-6-10-20(11-7-16)15(3)21/h13-14,16H,4-12H2,1-3H3,(H,18,22). The van der Waals surface area contributed by atoms with E-state index in [2.05, 4.69) is 24.1 Å². The molecule has 1 N–H and O–H groups in total. The quantitative estimate of drug-likeness (QED) is 0.856. The third-order valence-electron chi connectivity index (χ3n) is 5.32. The number of nitrogens with one attached hydrogen (secondary N) is 1. The Morgan fingerprint density at radius 1 is 1.09 bits per heavy atom. The normalized spacial score (nSPS) is 23.3. The number of amides is 2. The van der Waals surface area contributed by atoms with Gasteiger partial charge in [-0.2, -0.15) is 0 Å². The van der Waals surface area contributed by atoms with Crippen molar-refractivity contribution in [1.29, 1.82) is 0 Å². The van der Waals surface area contributed by atoms with Crippen LogP contribution < -0.4 is 5.32 Å². The largest absolute Gasteiger partial charge is 0.354 e. The van der Waals surface area contributed by atoms with Crippen LogP contribution >= 0.6 is 0 Å². The van der Waals surface area contributed by atoms with Crippen LogP contribution in [0, 0.1) is 11.8 Å². The highest BCUT2D eigenvalue weighted by molar-refractivity contribution is 5.79. The molecule has 2 aliphatic heterocycles. The van der Waals surface area contributed by atoms with E-state index >= 15 is 0 Å². The third-order valence-corrected chi connectivity index (χ3v) is 5.32. The van der Waals surface area contributed by atoms with Crippen LogP contribution in [0.1, 0.15) is 46.5 Å². The molecule has 126 valence electrons. The van der Waals surface area contributed by atoms with Crippen LogP contribution in [0.5, 0.6) is 0 Å². The molecule has 2 rings (SSSR count). The van der Waals surface area contributed by atoms with Gasteiger partial charge < -0.3 is 10.2 Å². The van der Waals surface area contributed by atoms with Crippen LogP contribution in [-0.2, 0) is 9.59 Å². The maximum absolute atomic E-state index is 12.3.